The van der Waals surface area contributed by atoms with E-state index in [1.54, 1.807) is 11.3 Å². The standard InChI is InChI=1S/C21H18N2S/c1-3-6-16-12-20(23-22-16)19-13-24-21-17(9-5-10-18(19)21)15-8-4-7-14(2)11-15/h3-13H,1-2H3,(H,22,23)/b6-3+. The summed E-state index contributed by atoms with van der Waals surface area (Å²) in [4.78, 5) is 0. The fourth-order valence-electron chi connectivity index (χ4n) is 3.04. The van der Waals surface area contributed by atoms with Crippen molar-refractivity contribution in [2.24, 2.45) is 0 Å². The van der Waals surface area contributed by atoms with E-state index in [1.165, 1.54) is 32.3 Å². The Morgan fingerprint density at radius 2 is 1.92 bits per heavy atom. The van der Waals surface area contributed by atoms with Gasteiger partial charge in [0, 0.05) is 21.0 Å². The molecular weight excluding hydrogens is 312 g/mol. The zero-order valence-corrected chi connectivity index (χ0v) is 14.5. The van der Waals surface area contributed by atoms with Gasteiger partial charge in [-0.2, -0.15) is 5.10 Å². The molecule has 3 heteroatoms. The highest BCUT2D eigenvalue weighted by molar-refractivity contribution is 7.18. The van der Waals surface area contributed by atoms with Crippen molar-refractivity contribution in [2.45, 2.75) is 13.8 Å². The first kappa shape index (κ1) is 14.9. The number of nitrogens with one attached hydrogen (secondary N) is 1. The molecule has 0 bridgehead atoms. The van der Waals surface area contributed by atoms with E-state index in [-0.39, 0.29) is 0 Å². The van der Waals surface area contributed by atoms with Gasteiger partial charge in [-0.15, -0.1) is 11.3 Å². The maximum Gasteiger partial charge on any atom is 0.0941 e. The monoisotopic (exact) mass is 330 g/mol. The van der Waals surface area contributed by atoms with Gasteiger partial charge in [0.15, 0.2) is 0 Å². The predicted molar refractivity (Wildman–Crippen MR) is 104 cm³/mol. The number of benzene rings is 2. The zero-order chi connectivity index (χ0) is 16.5. The highest BCUT2D eigenvalue weighted by atomic mass is 32.1. The average Bonchev–Trinajstić information content (AvgIpc) is 3.21. The summed E-state index contributed by atoms with van der Waals surface area (Å²) in [7, 11) is 0. The van der Waals surface area contributed by atoms with E-state index in [4.69, 9.17) is 0 Å². The fraction of sp³-hybridized carbons (Fsp3) is 0.0952. The summed E-state index contributed by atoms with van der Waals surface area (Å²) in [6, 6.07) is 17.3. The highest BCUT2D eigenvalue weighted by Gasteiger charge is 2.12. The molecule has 0 radical (unpaired) electrons. The van der Waals surface area contributed by atoms with E-state index < -0.39 is 0 Å². The number of nitrogens with zero attached hydrogens (tertiary/aromatic N) is 1. The molecule has 2 aromatic carbocycles. The topological polar surface area (TPSA) is 28.7 Å². The second-order valence-electron chi connectivity index (χ2n) is 5.91. The minimum Gasteiger partial charge on any atom is -0.278 e. The van der Waals surface area contributed by atoms with Gasteiger partial charge in [-0.3, -0.25) is 5.10 Å². The van der Waals surface area contributed by atoms with E-state index in [0.717, 1.165) is 11.4 Å². The molecule has 0 atom stereocenters. The Morgan fingerprint density at radius 1 is 1.04 bits per heavy atom. The molecule has 24 heavy (non-hydrogen) atoms. The number of thiophene rings is 1. The van der Waals surface area contributed by atoms with E-state index in [1.807, 2.05) is 19.1 Å². The van der Waals surface area contributed by atoms with Gasteiger partial charge in [0.2, 0.25) is 0 Å². The number of aromatic amines is 1. The molecule has 0 saturated carbocycles. The summed E-state index contributed by atoms with van der Waals surface area (Å²) in [6.07, 6.45) is 4.04. The molecule has 0 aliphatic rings. The van der Waals surface area contributed by atoms with Crippen molar-refractivity contribution in [3.05, 3.63) is 71.2 Å². The van der Waals surface area contributed by atoms with Crippen LogP contribution < -0.4 is 0 Å². The molecule has 118 valence electrons. The molecule has 0 unspecified atom stereocenters. The zero-order valence-electron chi connectivity index (χ0n) is 13.7. The number of fused-ring (bicyclic) bond motifs is 1. The van der Waals surface area contributed by atoms with Crippen LogP contribution in [0.25, 0.3) is 38.5 Å². The van der Waals surface area contributed by atoms with Crippen LogP contribution in [-0.4, -0.2) is 10.2 Å². The van der Waals surface area contributed by atoms with Crippen LogP contribution in [0.15, 0.2) is 60.0 Å². The Labute approximate surface area is 145 Å². The molecule has 0 aliphatic carbocycles. The molecule has 4 aromatic rings. The molecule has 2 aromatic heterocycles. The van der Waals surface area contributed by atoms with Gasteiger partial charge < -0.3 is 0 Å². The van der Waals surface area contributed by atoms with Crippen LogP contribution >= 0.6 is 11.3 Å². The third-order valence-corrected chi connectivity index (χ3v) is 5.18. The maximum absolute atomic E-state index is 4.47. The van der Waals surface area contributed by atoms with Crippen molar-refractivity contribution >= 4 is 27.5 Å². The number of hydrogen-bond acceptors (Lipinski definition) is 2. The second kappa shape index (κ2) is 6.10. The molecule has 0 spiro atoms. The van der Waals surface area contributed by atoms with E-state index >= 15 is 0 Å². The smallest absolute Gasteiger partial charge is 0.0941 e. The molecule has 0 fully saturated rings. The summed E-state index contributed by atoms with van der Waals surface area (Å²) < 4.78 is 1.31. The maximum atomic E-state index is 4.47. The quantitative estimate of drug-likeness (QED) is 0.469. The summed E-state index contributed by atoms with van der Waals surface area (Å²) >= 11 is 1.79. The molecule has 0 aliphatic heterocycles. The lowest BCUT2D eigenvalue weighted by molar-refractivity contribution is 1.09. The lowest BCUT2D eigenvalue weighted by Crippen LogP contribution is -1.81. The molecule has 0 saturated heterocycles. The van der Waals surface area contributed by atoms with Crippen LogP contribution in [0.5, 0.6) is 0 Å². The van der Waals surface area contributed by atoms with E-state index in [0.29, 0.717) is 0 Å². The van der Waals surface area contributed by atoms with Crippen molar-refractivity contribution < 1.29 is 0 Å². The first-order valence-electron chi connectivity index (χ1n) is 8.02. The molecule has 1 N–H and O–H groups in total. The summed E-state index contributed by atoms with van der Waals surface area (Å²) in [5, 5.41) is 11.0. The van der Waals surface area contributed by atoms with Crippen LogP contribution in [-0.2, 0) is 0 Å². The number of aryl methyl sites for hydroxylation is 1. The predicted octanol–water partition coefficient (Wildman–Crippen LogP) is 6.30. The van der Waals surface area contributed by atoms with Crippen molar-refractivity contribution in [3.63, 3.8) is 0 Å². The van der Waals surface area contributed by atoms with Gasteiger partial charge >= 0.3 is 0 Å². The Kier molecular flexibility index (Phi) is 3.79. The van der Waals surface area contributed by atoms with Crippen molar-refractivity contribution in [1.29, 1.82) is 0 Å². The minimum atomic E-state index is 0.996. The average molecular weight is 330 g/mol. The normalized spacial score (nSPS) is 11.6. The van der Waals surface area contributed by atoms with Crippen molar-refractivity contribution in [3.8, 4) is 22.4 Å². The summed E-state index contributed by atoms with van der Waals surface area (Å²) in [5.74, 6) is 0. The Balaban J connectivity index is 1.87. The largest absolute Gasteiger partial charge is 0.278 e. The molecule has 2 nitrogen and oxygen atoms in total. The fourth-order valence-corrected chi connectivity index (χ4v) is 4.14. The van der Waals surface area contributed by atoms with Gasteiger partial charge in [-0.1, -0.05) is 54.1 Å². The Hall–Kier alpha value is -2.65. The van der Waals surface area contributed by atoms with Crippen LogP contribution in [0.2, 0.25) is 0 Å². The minimum absolute atomic E-state index is 0.996. The van der Waals surface area contributed by atoms with Crippen molar-refractivity contribution in [2.75, 3.05) is 0 Å². The van der Waals surface area contributed by atoms with Crippen LogP contribution in [0.3, 0.4) is 0 Å². The number of allylic oxidation sites excluding steroid dienone is 1. The van der Waals surface area contributed by atoms with Gasteiger partial charge in [0.05, 0.1) is 11.4 Å². The first-order valence-corrected chi connectivity index (χ1v) is 8.90. The first-order chi connectivity index (χ1) is 11.8. The molecule has 0 amide bonds. The lowest BCUT2D eigenvalue weighted by Gasteiger charge is -2.05. The Morgan fingerprint density at radius 3 is 2.75 bits per heavy atom. The van der Waals surface area contributed by atoms with Gasteiger partial charge in [0.25, 0.3) is 0 Å². The van der Waals surface area contributed by atoms with Crippen molar-refractivity contribution in [1.82, 2.24) is 10.2 Å². The van der Waals surface area contributed by atoms with E-state index in [9.17, 15) is 0 Å². The van der Waals surface area contributed by atoms with E-state index in [2.05, 4.69) is 71.0 Å². The molecule has 4 rings (SSSR count). The number of aromatic nitrogens is 2. The molecule has 2 heterocycles. The number of rotatable bonds is 3. The summed E-state index contributed by atoms with van der Waals surface area (Å²) in [5.41, 5.74) is 7.06. The van der Waals surface area contributed by atoms with Gasteiger partial charge in [-0.05, 0) is 37.1 Å². The molecular formula is C21H18N2S. The second-order valence-corrected chi connectivity index (χ2v) is 6.79. The number of H-pyrrole nitrogens is 1. The Bertz CT molecular complexity index is 1040. The van der Waals surface area contributed by atoms with Crippen LogP contribution in [0, 0.1) is 6.92 Å². The highest BCUT2D eigenvalue weighted by Crippen LogP contribution is 2.39. The van der Waals surface area contributed by atoms with Crippen LogP contribution in [0.4, 0.5) is 0 Å². The van der Waals surface area contributed by atoms with Gasteiger partial charge in [-0.25, -0.2) is 0 Å². The lowest BCUT2D eigenvalue weighted by atomic mass is 10.0. The third-order valence-electron chi connectivity index (χ3n) is 4.15. The third kappa shape index (κ3) is 2.57. The van der Waals surface area contributed by atoms with Gasteiger partial charge in [0.1, 0.15) is 0 Å². The number of hydrogen-bond donors (Lipinski definition) is 1. The van der Waals surface area contributed by atoms with Crippen LogP contribution in [0.1, 0.15) is 18.2 Å². The SMILES string of the molecule is C/C=C/c1cc(-c2csc3c(-c4cccc(C)c4)cccc23)n[nH]1. The summed E-state index contributed by atoms with van der Waals surface area (Å²) in [6.45, 7) is 4.14.